The van der Waals surface area contributed by atoms with Crippen molar-refractivity contribution >= 4 is 11.9 Å². The topological polar surface area (TPSA) is 95.8 Å². The number of carbonyl (C=O) groups is 2. The number of alkyl halides is 3. The Morgan fingerprint density at radius 1 is 1.18 bits per heavy atom. The van der Waals surface area contributed by atoms with E-state index in [0.717, 1.165) is 24.6 Å². The van der Waals surface area contributed by atoms with Crippen molar-refractivity contribution in [2.45, 2.75) is 38.5 Å². The van der Waals surface area contributed by atoms with Gasteiger partial charge in [-0.2, -0.15) is 18.3 Å². The molecule has 2 aliphatic rings. The Bertz CT molecular complexity index is 1420. The number of benzene rings is 1. The van der Waals surface area contributed by atoms with Crippen LogP contribution in [0.2, 0.25) is 0 Å². The molecule has 0 N–H and O–H groups in total. The molecule has 0 unspecified atom stereocenters. The predicted octanol–water partition coefficient (Wildman–Crippen LogP) is 4.76. The molecular formula is C27H27F3N4O5. The quantitative estimate of drug-likeness (QED) is 0.396. The van der Waals surface area contributed by atoms with E-state index in [1.54, 1.807) is 30.2 Å². The minimum atomic E-state index is -4.78. The minimum Gasteiger partial charge on any atom is -0.497 e. The summed E-state index contributed by atoms with van der Waals surface area (Å²) in [7, 11) is 2.70. The normalized spacial score (nSPS) is 16.3. The highest BCUT2D eigenvalue weighted by Gasteiger charge is 2.43. The standard InChI is InChI=1S/C27H27F3N4O5/c1-4-33-14-20(24(32-33)27(28,29)30)18-11-16(26(36)38-3)12-19-23(18)39-10-9-34(25(19)35)22(15-5-6-15)21-13-17(37-2)7-8-31-21/h7-8,11-15,22H,4-6,9-10H2,1-3H3/t22-/m0/s1. The molecule has 2 aromatic heterocycles. The number of pyridine rings is 1. The highest BCUT2D eigenvalue weighted by molar-refractivity contribution is 6.03. The molecule has 3 heterocycles. The molecule has 9 nitrogen and oxygen atoms in total. The first kappa shape index (κ1) is 26.5. The molecule has 1 atom stereocenters. The van der Waals surface area contributed by atoms with Crippen LogP contribution in [0.5, 0.6) is 11.5 Å². The van der Waals surface area contributed by atoms with Gasteiger partial charge in [-0.1, -0.05) is 0 Å². The zero-order valence-corrected chi connectivity index (χ0v) is 21.6. The van der Waals surface area contributed by atoms with Crippen LogP contribution in [0.1, 0.15) is 57.9 Å². The largest absolute Gasteiger partial charge is 0.497 e. The molecule has 0 radical (unpaired) electrons. The Labute approximate surface area is 222 Å². The molecule has 12 heteroatoms. The first-order chi connectivity index (χ1) is 18.7. The number of fused-ring (bicyclic) bond motifs is 1. The van der Waals surface area contributed by atoms with E-state index in [2.05, 4.69) is 10.1 Å². The van der Waals surface area contributed by atoms with E-state index in [9.17, 15) is 22.8 Å². The molecular weight excluding hydrogens is 517 g/mol. The summed E-state index contributed by atoms with van der Waals surface area (Å²) in [4.78, 5) is 32.8. The lowest BCUT2D eigenvalue weighted by molar-refractivity contribution is -0.141. The average Bonchev–Trinajstić information content (AvgIpc) is 3.69. The number of halogens is 3. The fraction of sp³-hybridized carbons (Fsp3) is 0.407. The second kappa shape index (κ2) is 10.2. The lowest BCUT2D eigenvalue weighted by Gasteiger charge is -2.30. The van der Waals surface area contributed by atoms with Crippen molar-refractivity contribution in [1.29, 1.82) is 0 Å². The molecule has 0 bridgehead atoms. The van der Waals surface area contributed by atoms with Crippen molar-refractivity contribution in [3.05, 3.63) is 59.2 Å². The number of hydrogen-bond donors (Lipinski definition) is 0. The number of carbonyl (C=O) groups excluding carboxylic acids is 2. The van der Waals surface area contributed by atoms with E-state index < -0.39 is 29.8 Å². The summed E-state index contributed by atoms with van der Waals surface area (Å²) >= 11 is 0. The van der Waals surface area contributed by atoms with Gasteiger partial charge in [-0.15, -0.1) is 0 Å². The maximum Gasteiger partial charge on any atom is 0.435 e. The number of esters is 1. The number of ether oxygens (including phenoxy) is 3. The number of aromatic nitrogens is 3. The summed E-state index contributed by atoms with van der Waals surface area (Å²) in [6, 6.07) is 5.64. The Hall–Kier alpha value is -4.09. The third-order valence-corrected chi connectivity index (χ3v) is 6.92. The molecule has 1 amide bonds. The van der Waals surface area contributed by atoms with E-state index >= 15 is 0 Å². The lowest BCUT2D eigenvalue weighted by Crippen LogP contribution is -2.37. The van der Waals surface area contributed by atoms with Crippen LogP contribution in [-0.2, 0) is 17.5 Å². The molecule has 1 aliphatic heterocycles. The average molecular weight is 545 g/mol. The molecule has 1 aromatic carbocycles. The number of methoxy groups -OCH3 is 2. The second-order valence-electron chi connectivity index (χ2n) is 9.39. The monoisotopic (exact) mass is 544 g/mol. The second-order valence-corrected chi connectivity index (χ2v) is 9.39. The summed E-state index contributed by atoms with van der Waals surface area (Å²) in [6.45, 7) is 2.04. The molecule has 0 spiro atoms. The summed E-state index contributed by atoms with van der Waals surface area (Å²) in [5.74, 6) is -0.574. The van der Waals surface area contributed by atoms with Crippen molar-refractivity contribution in [3.63, 3.8) is 0 Å². The number of aryl methyl sites for hydroxylation is 1. The van der Waals surface area contributed by atoms with Gasteiger partial charge >= 0.3 is 12.1 Å². The van der Waals surface area contributed by atoms with Crippen LogP contribution in [-0.4, -0.2) is 58.9 Å². The number of nitrogens with zero attached hydrogens (tertiary/aromatic N) is 4. The number of amides is 1. The van der Waals surface area contributed by atoms with Crippen LogP contribution < -0.4 is 9.47 Å². The minimum absolute atomic E-state index is 0.0275. The predicted molar refractivity (Wildman–Crippen MR) is 132 cm³/mol. The van der Waals surface area contributed by atoms with Crippen molar-refractivity contribution in [3.8, 4) is 22.6 Å². The zero-order chi connectivity index (χ0) is 27.9. The van der Waals surface area contributed by atoms with E-state index in [-0.39, 0.29) is 53.6 Å². The summed E-state index contributed by atoms with van der Waals surface area (Å²) in [5.41, 5.74) is -0.955. The van der Waals surface area contributed by atoms with Gasteiger partial charge in [0, 0.05) is 36.1 Å². The Morgan fingerprint density at radius 2 is 1.92 bits per heavy atom. The Morgan fingerprint density at radius 3 is 2.56 bits per heavy atom. The van der Waals surface area contributed by atoms with Gasteiger partial charge in [-0.25, -0.2) is 4.79 Å². The third-order valence-electron chi connectivity index (χ3n) is 6.92. The van der Waals surface area contributed by atoms with E-state index in [4.69, 9.17) is 14.2 Å². The van der Waals surface area contributed by atoms with Crippen molar-refractivity contribution in [2.75, 3.05) is 27.4 Å². The first-order valence-electron chi connectivity index (χ1n) is 12.5. The van der Waals surface area contributed by atoms with Gasteiger partial charge in [-0.05, 0) is 43.9 Å². The van der Waals surface area contributed by atoms with Crippen LogP contribution in [0.4, 0.5) is 13.2 Å². The lowest BCUT2D eigenvalue weighted by atomic mass is 9.96. The Kier molecular flexibility index (Phi) is 6.96. The van der Waals surface area contributed by atoms with Crippen LogP contribution in [0.3, 0.4) is 0 Å². The number of hydrogen-bond acceptors (Lipinski definition) is 7. The summed E-state index contributed by atoms with van der Waals surface area (Å²) < 4.78 is 59.4. The first-order valence-corrected chi connectivity index (χ1v) is 12.5. The zero-order valence-electron chi connectivity index (χ0n) is 21.6. The van der Waals surface area contributed by atoms with Crippen molar-refractivity contribution < 1.29 is 37.0 Å². The third kappa shape index (κ3) is 5.02. The van der Waals surface area contributed by atoms with E-state index in [0.29, 0.717) is 11.4 Å². The highest BCUT2D eigenvalue weighted by Crippen LogP contribution is 2.47. The van der Waals surface area contributed by atoms with Gasteiger partial charge in [0.2, 0.25) is 0 Å². The van der Waals surface area contributed by atoms with Crippen molar-refractivity contribution in [2.24, 2.45) is 5.92 Å². The van der Waals surface area contributed by atoms with Crippen LogP contribution >= 0.6 is 0 Å². The smallest absolute Gasteiger partial charge is 0.435 e. The van der Waals surface area contributed by atoms with Gasteiger partial charge in [0.25, 0.3) is 5.91 Å². The summed E-state index contributed by atoms with van der Waals surface area (Å²) in [6.07, 6.45) is -0.157. The van der Waals surface area contributed by atoms with E-state index in [1.165, 1.54) is 25.4 Å². The SMILES string of the molecule is CCn1cc(-c2cc(C(=O)OC)cc3c2OCCN([C@H](c2cc(OC)ccn2)C2CC2)C3=O)c(C(F)(F)F)n1. The van der Waals surface area contributed by atoms with Gasteiger partial charge in [-0.3, -0.25) is 14.5 Å². The fourth-order valence-corrected chi connectivity index (χ4v) is 4.92. The molecule has 3 aromatic rings. The molecule has 5 rings (SSSR count). The maximum atomic E-state index is 14.1. The van der Waals surface area contributed by atoms with Crippen LogP contribution in [0, 0.1) is 5.92 Å². The van der Waals surface area contributed by atoms with Crippen LogP contribution in [0.25, 0.3) is 11.1 Å². The van der Waals surface area contributed by atoms with Crippen LogP contribution in [0.15, 0.2) is 36.7 Å². The summed E-state index contributed by atoms with van der Waals surface area (Å²) in [5, 5.41) is 3.70. The van der Waals surface area contributed by atoms with Crippen molar-refractivity contribution in [1.82, 2.24) is 19.7 Å². The molecule has 206 valence electrons. The van der Waals surface area contributed by atoms with Gasteiger partial charge in [0.05, 0.1) is 43.6 Å². The molecule has 1 fully saturated rings. The Balaban J connectivity index is 1.68. The van der Waals surface area contributed by atoms with Gasteiger partial charge < -0.3 is 19.1 Å². The molecule has 39 heavy (non-hydrogen) atoms. The van der Waals surface area contributed by atoms with Gasteiger partial charge in [0.15, 0.2) is 5.69 Å². The van der Waals surface area contributed by atoms with Gasteiger partial charge in [0.1, 0.15) is 18.1 Å². The van der Waals surface area contributed by atoms with E-state index in [1.807, 2.05) is 0 Å². The maximum absolute atomic E-state index is 14.1. The highest BCUT2D eigenvalue weighted by atomic mass is 19.4. The molecule has 1 saturated carbocycles. The fourth-order valence-electron chi connectivity index (χ4n) is 4.92. The molecule has 1 aliphatic carbocycles. The molecule has 0 saturated heterocycles. The number of rotatable bonds is 7.